The SMILES string of the molecule is O=C(Nc1ccc(C(F)(F)F)cc1)Oc1ccc(F)cc1. The molecule has 0 unspecified atom stereocenters. The van der Waals surface area contributed by atoms with E-state index in [1.165, 1.54) is 12.1 Å². The van der Waals surface area contributed by atoms with Gasteiger partial charge in [0.05, 0.1) is 5.56 Å². The van der Waals surface area contributed by atoms with Crippen LogP contribution in [0.2, 0.25) is 0 Å². The van der Waals surface area contributed by atoms with Crippen molar-refractivity contribution in [2.45, 2.75) is 6.18 Å². The minimum Gasteiger partial charge on any atom is -0.410 e. The molecule has 2 aromatic carbocycles. The van der Waals surface area contributed by atoms with Gasteiger partial charge in [-0.3, -0.25) is 5.32 Å². The van der Waals surface area contributed by atoms with Crippen molar-refractivity contribution >= 4 is 11.8 Å². The number of nitrogens with one attached hydrogen (secondary N) is 1. The van der Waals surface area contributed by atoms with Gasteiger partial charge in [0.15, 0.2) is 0 Å². The molecule has 1 amide bonds. The second-order valence-electron chi connectivity index (χ2n) is 4.04. The molecule has 2 aromatic rings. The van der Waals surface area contributed by atoms with E-state index in [1.54, 1.807) is 0 Å². The van der Waals surface area contributed by atoms with Crippen molar-refractivity contribution in [1.82, 2.24) is 0 Å². The number of anilines is 1. The van der Waals surface area contributed by atoms with Gasteiger partial charge >= 0.3 is 12.3 Å². The van der Waals surface area contributed by atoms with E-state index in [9.17, 15) is 22.4 Å². The fourth-order valence-corrected chi connectivity index (χ4v) is 1.50. The first-order valence-electron chi connectivity index (χ1n) is 5.76. The third kappa shape index (κ3) is 4.20. The number of rotatable bonds is 2. The first-order chi connectivity index (χ1) is 9.84. The zero-order chi connectivity index (χ0) is 15.5. The van der Waals surface area contributed by atoms with Gasteiger partial charge in [0.1, 0.15) is 11.6 Å². The number of hydrogen-bond donors (Lipinski definition) is 1. The first-order valence-corrected chi connectivity index (χ1v) is 5.76. The standard InChI is InChI=1S/C14H9F4NO2/c15-10-3-7-12(8-4-10)21-13(20)19-11-5-1-9(2-6-11)14(16,17)18/h1-8H,(H,19,20). The van der Waals surface area contributed by atoms with Gasteiger partial charge in [0.2, 0.25) is 0 Å². The Kier molecular flexibility index (Phi) is 4.11. The summed E-state index contributed by atoms with van der Waals surface area (Å²) < 4.78 is 54.6. The topological polar surface area (TPSA) is 38.3 Å². The summed E-state index contributed by atoms with van der Waals surface area (Å²) in [5.74, 6) is -0.369. The van der Waals surface area contributed by atoms with Gasteiger partial charge in [-0.15, -0.1) is 0 Å². The van der Waals surface area contributed by atoms with Crippen molar-refractivity contribution in [2.24, 2.45) is 0 Å². The van der Waals surface area contributed by atoms with Gasteiger partial charge in [0.25, 0.3) is 0 Å². The van der Waals surface area contributed by atoms with Gasteiger partial charge < -0.3 is 4.74 Å². The molecule has 110 valence electrons. The number of ether oxygens (including phenoxy) is 1. The average Bonchev–Trinajstić information content (AvgIpc) is 2.41. The summed E-state index contributed by atoms with van der Waals surface area (Å²) in [6.45, 7) is 0. The predicted molar refractivity (Wildman–Crippen MR) is 67.5 cm³/mol. The average molecular weight is 299 g/mol. The molecule has 0 bridgehead atoms. The van der Waals surface area contributed by atoms with E-state index in [1.807, 2.05) is 0 Å². The van der Waals surface area contributed by atoms with E-state index >= 15 is 0 Å². The van der Waals surface area contributed by atoms with Crippen molar-refractivity contribution in [3.63, 3.8) is 0 Å². The molecule has 0 saturated heterocycles. The van der Waals surface area contributed by atoms with Crippen molar-refractivity contribution in [3.05, 3.63) is 59.9 Å². The van der Waals surface area contributed by atoms with Crippen LogP contribution in [0.4, 0.5) is 28.0 Å². The summed E-state index contributed by atoms with van der Waals surface area (Å²) in [5, 5.41) is 2.26. The van der Waals surface area contributed by atoms with Crippen molar-refractivity contribution < 1.29 is 27.1 Å². The van der Waals surface area contributed by atoms with Gasteiger partial charge in [0, 0.05) is 5.69 Å². The van der Waals surface area contributed by atoms with Gasteiger partial charge in [-0.2, -0.15) is 13.2 Å². The quantitative estimate of drug-likeness (QED) is 0.832. The van der Waals surface area contributed by atoms with Crippen LogP contribution in [-0.2, 0) is 6.18 Å². The number of carbonyl (C=O) groups excluding carboxylic acids is 1. The Morgan fingerprint density at radius 2 is 1.52 bits per heavy atom. The molecular formula is C14H9F4NO2. The number of alkyl halides is 3. The highest BCUT2D eigenvalue weighted by molar-refractivity contribution is 5.86. The van der Waals surface area contributed by atoms with Gasteiger partial charge in [-0.25, -0.2) is 9.18 Å². The maximum Gasteiger partial charge on any atom is 0.417 e. The fourth-order valence-electron chi connectivity index (χ4n) is 1.50. The zero-order valence-electron chi connectivity index (χ0n) is 10.4. The lowest BCUT2D eigenvalue weighted by Gasteiger charge is -2.09. The maximum atomic E-state index is 12.7. The van der Waals surface area contributed by atoms with E-state index in [0.717, 1.165) is 36.4 Å². The second kappa shape index (κ2) is 5.82. The van der Waals surface area contributed by atoms with Crippen LogP contribution in [-0.4, -0.2) is 6.09 Å². The third-order valence-electron chi connectivity index (χ3n) is 2.48. The summed E-state index contributed by atoms with van der Waals surface area (Å²) >= 11 is 0. The lowest BCUT2D eigenvalue weighted by Crippen LogP contribution is -2.16. The molecule has 0 heterocycles. The normalized spacial score (nSPS) is 11.0. The zero-order valence-corrected chi connectivity index (χ0v) is 10.4. The van der Waals surface area contributed by atoms with Crippen LogP contribution < -0.4 is 10.1 Å². The van der Waals surface area contributed by atoms with Crippen molar-refractivity contribution in [2.75, 3.05) is 5.32 Å². The lowest BCUT2D eigenvalue weighted by molar-refractivity contribution is -0.137. The highest BCUT2D eigenvalue weighted by atomic mass is 19.4. The monoisotopic (exact) mass is 299 g/mol. The molecule has 0 fully saturated rings. The Morgan fingerprint density at radius 1 is 0.952 bits per heavy atom. The lowest BCUT2D eigenvalue weighted by atomic mass is 10.2. The van der Waals surface area contributed by atoms with E-state index in [2.05, 4.69) is 5.32 Å². The molecular weight excluding hydrogens is 290 g/mol. The molecule has 0 saturated carbocycles. The van der Waals surface area contributed by atoms with Crippen LogP contribution in [0.3, 0.4) is 0 Å². The van der Waals surface area contributed by atoms with Gasteiger partial charge in [-0.1, -0.05) is 0 Å². The van der Waals surface area contributed by atoms with Gasteiger partial charge in [-0.05, 0) is 48.5 Å². The molecule has 0 aromatic heterocycles. The van der Waals surface area contributed by atoms with Crippen LogP contribution in [0.1, 0.15) is 5.56 Å². The maximum absolute atomic E-state index is 12.7. The Bertz CT molecular complexity index is 621. The third-order valence-corrected chi connectivity index (χ3v) is 2.48. The Labute approximate surface area is 117 Å². The number of benzene rings is 2. The highest BCUT2D eigenvalue weighted by Crippen LogP contribution is 2.29. The van der Waals surface area contributed by atoms with Crippen LogP contribution in [0.5, 0.6) is 5.75 Å². The van der Waals surface area contributed by atoms with E-state index in [4.69, 9.17) is 4.74 Å². The molecule has 1 N–H and O–H groups in total. The molecule has 3 nitrogen and oxygen atoms in total. The Balaban J connectivity index is 1.98. The predicted octanol–water partition coefficient (Wildman–Crippen LogP) is 4.46. The molecule has 0 aliphatic heterocycles. The smallest absolute Gasteiger partial charge is 0.410 e. The number of hydrogen-bond acceptors (Lipinski definition) is 2. The molecule has 0 radical (unpaired) electrons. The summed E-state index contributed by atoms with van der Waals surface area (Å²) in [5.41, 5.74) is -0.671. The summed E-state index contributed by atoms with van der Waals surface area (Å²) in [6, 6.07) is 8.62. The van der Waals surface area contributed by atoms with Crippen LogP contribution in [0.15, 0.2) is 48.5 Å². The molecule has 21 heavy (non-hydrogen) atoms. The van der Waals surface area contributed by atoms with Crippen LogP contribution in [0.25, 0.3) is 0 Å². The molecule has 2 rings (SSSR count). The number of carbonyl (C=O) groups is 1. The molecule has 0 atom stereocenters. The minimum absolute atomic E-state index is 0.112. The molecule has 0 aliphatic carbocycles. The Morgan fingerprint density at radius 3 is 2.05 bits per heavy atom. The minimum atomic E-state index is -4.44. The summed E-state index contributed by atoms with van der Waals surface area (Å²) in [4.78, 5) is 11.5. The first kappa shape index (κ1) is 14.8. The van der Waals surface area contributed by atoms with E-state index in [-0.39, 0.29) is 11.4 Å². The number of halogens is 4. The van der Waals surface area contributed by atoms with Crippen LogP contribution in [0, 0.1) is 5.82 Å². The molecule has 7 heteroatoms. The largest absolute Gasteiger partial charge is 0.417 e. The van der Waals surface area contributed by atoms with Crippen LogP contribution >= 0.6 is 0 Å². The summed E-state index contributed by atoms with van der Waals surface area (Å²) in [6.07, 6.45) is -5.32. The number of amides is 1. The molecule has 0 aliphatic rings. The summed E-state index contributed by atoms with van der Waals surface area (Å²) in [7, 11) is 0. The van der Waals surface area contributed by atoms with E-state index < -0.39 is 23.7 Å². The van der Waals surface area contributed by atoms with Crippen molar-refractivity contribution in [3.8, 4) is 5.75 Å². The van der Waals surface area contributed by atoms with Crippen molar-refractivity contribution in [1.29, 1.82) is 0 Å². The van der Waals surface area contributed by atoms with E-state index in [0.29, 0.717) is 0 Å². The fraction of sp³-hybridized carbons (Fsp3) is 0.0714. The molecule has 0 spiro atoms. The Hall–Kier alpha value is -2.57. The second-order valence-corrected chi connectivity index (χ2v) is 4.04. The highest BCUT2D eigenvalue weighted by Gasteiger charge is 2.29.